The van der Waals surface area contributed by atoms with Crippen LogP contribution >= 0.6 is 11.6 Å². The van der Waals surface area contributed by atoms with Crippen LogP contribution in [0.2, 0.25) is 5.02 Å². The van der Waals surface area contributed by atoms with Crippen LogP contribution in [0.1, 0.15) is 34.9 Å². The number of rotatable bonds is 5. The SMILES string of the molecule is Cc1nnc2ccc(-n3ncc4c3NC(=O)CC4c3ccc(OCc4ccc(Cl)cc4)cc3)nn12. The third-order valence-electron chi connectivity index (χ3n) is 6.04. The molecule has 3 aromatic heterocycles. The molecule has 5 aromatic rings. The quantitative estimate of drug-likeness (QED) is 0.398. The first-order valence-electron chi connectivity index (χ1n) is 11.1. The first-order valence-corrected chi connectivity index (χ1v) is 11.5. The van der Waals surface area contributed by atoms with Gasteiger partial charge in [0.1, 0.15) is 18.2 Å². The van der Waals surface area contributed by atoms with E-state index < -0.39 is 0 Å². The summed E-state index contributed by atoms with van der Waals surface area (Å²) >= 11 is 5.94. The maximum Gasteiger partial charge on any atom is 0.226 e. The molecule has 1 N–H and O–H groups in total. The number of aryl methyl sites for hydroxylation is 1. The van der Waals surface area contributed by atoms with Gasteiger partial charge >= 0.3 is 0 Å². The van der Waals surface area contributed by atoms with Crippen LogP contribution in [0.3, 0.4) is 0 Å². The lowest BCUT2D eigenvalue weighted by atomic mass is 9.87. The van der Waals surface area contributed by atoms with Gasteiger partial charge in [0, 0.05) is 22.9 Å². The Balaban J connectivity index is 1.26. The summed E-state index contributed by atoms with van der Waals surface area (Å²) < 4.78 is 9.19. The van der Waals surface area contributed by atoms with E-state index in [1.807, 2.05) is 61.5 Å². The highest BCUT2D eigenvalue weighted by molar-refractivity contribution is 6.30. The molecule has 1 unspecified atom stereocenters. The van der Waals surface area contributed by atoms with E-state index in [2.05, 4.69) is 25.7 Å². The van der Waals surface area contributed by atoms with Crippen molar-refractivity contribution in [2.45, 2.75) is 25.9 Å². The van der Waals surface area contributed by atoms with E-state index in [0.29, 0.717) is 41.2 Å². The number of carbonyl (C=O) groups is 1. The molecule has 0 spiro atoms. The molecule has 1 aliphatic heterocycles. The van der Waals surface area contributed by atoms with Crippen molar-refractivity contribution in [2.75, 3.05) is 5.32 Å². The van der Waals surface area contributed by atoms with Gasteiger partial charge in [-0.3, -0.25) is 4.79 Å². The second-order valence-electron chi connectivity index (χ2n) is 8.36. The van der Waals surface area contributed by atoms with E-state index in [-0.39, 0.29) is 11.8 Å². The predicted octanol–water partition coefficient (Wildman–Crippen LogP) is 4.32. The minimum atomic E-state index is -0.127. The van der Waals surface area contributed by atoms with Crippen molar-refractivity contribution in [2.24, 2.45) is 0 Å². The van der Waals surface area contributed by atoms with E-state index in [9.17, 15) is 4.79 Å². The number of hydrogen-bond donors (Lipinski definition) is 1. The summed E-state index contributed by atoms with van der Waals surface area (Å²) in [4.78, 5) is 12.6. The fourth-order valence-electron chi connectivity index (χ4n) is 4.23. The number of nitrogens with zero attached hydrogens (tertiary/aromatic N) is 6. The topological polar surface area (TPSA) is 99.2 Å². The molecular weight excluding hydrogens is 466 g/mol. The van der Waals surface area contributed by atoms with E-state index >= 15 is 0 Å². The lowest BCUT2D eigenvalue weighted by Gasteiger charge is -2.23. The molecule has 4 heterocycles. The largest absolute Gasteiger partial charge is 0.489 e. The summed E-state index contributed by atoms with van der Waals surface area (Å²) in [7, 11) is 0. The predicted molar refractivity (Wildman–Crippen MR) is 130 cm³/mol. The second-order valence-corrected chi connectivity index (χ2v) is 8.79. The first-order chi connectivity index (χ1) is 17.0. The van der Waals surface area contributed by atoms with Gasteiger partial charge in [-0.25, -0.2) is 0 Å². The van der Waals surface area contributed by atoms with Gasteiger partial charge in [0.2, 0.25) is 5.91 Å². The zero-order valence-electron chi connectivity index (χ0n) is 18.7. The normalized spacial score (nSPS) is 15.1. The number of carbonyl (C=O) groups excluding carboxylic acids is 1. The van der Waals surface area contributed by atoms with Gasteiger partial charge in [-0.2, -0.15) is 14.3 Å². The molecule has 0 saturated heterocycles. The number of fused-ring (bicyclic) bond motifs is 2. The van der Waals surface area contributed by atoms with Crippen molar-refractivity contribution >= 4 is 29.0 Å². The first kappa shape index (κ1) is 21.3. The Kier molecular flexibility index (Phi) is 5.18. The highest BCUT2D eigenvalue weighted by Crippen LogP contribution is 2.38. The number of hydrogen-bond acceptors (Lipinski definition) is 6. The molecule has 2 aromatic carbocycles. The van der Waals surface area contributed by atoms with Gasteiger partial charge < -0.3 is 10.1 Å². The average molecular weight is 486 g/mol. The van der Waals surface area contributed by atoms with Crippen molar-refractivity contribution < 1.29 is 9.53 Å². The monoisotopic (exact) mass is 485 g/mol. The van der Waals surface area contributed by atoms with Crippen molar-refractivity contribution in [1.82, 2.24) is 29.6 Å². The van der Waals surface area contributed by atoms with Crippen LogP contribution in [0, 0.1) is 6.92 Å². The molecule has 174 valence electrons. The van der Waals surface area contributed by atoms with Gasteiger partial charge in [-0.05, 0) is 54.4 Å². The molecule has 1 aliphatic rings. The van der Waals surface area contributed by atoms with Crippen LogP contribution in [-0.2, 0) is 11.4 Å². The van der Waals surface area contributed by atoms with Crippen molar-refractivity contribution in [3.05, 3.63) is 94.4 Å². The minimum absolute atomic E-state index is 0.0751. The maximum absolute atomic E-state index is 12.6. The number of amides is 1. The number of benzene rings is 2. The molecule has 0 fully saturated rings. The zero-order chi connectivity index (χ0) is 23.9. The van der Waals surface area contributed by atoms with Crippen molar-refractivity contribution in [3.8, 4) is 11.6 Å². The Bertz CT molecular complexity index is 1540. The fraction of sp³-hybridized carbons (Fsp3) is 0.160. The van der Waals surface area contributed by atoms with Crippen LogP contribution in [0.5, 0.6) is 5.75 Å². The maximum atomic E-state index is 12.6. The van der Waals surface area contributed by atoms with Crippen LogP contribution in [0.25, 0.3) is 11.5 Å². The molecule has 9 nitrogen and oxygen atoms in total. The third kappa shape index (κ3) is 4.00. The molecule has 6 rings (SSSR count). The second kappa shape index (κ2) is 8.52. The summed E-state index contributed by atoms with van der Waals surface area (Å²) in [6.07, 6.45) is 2.12. The highest BCUT2D eigenvalue weighted by atomic mass is 35.5. The number of anilines is 1. The lowest BCUT2D eigenvalue weighted by molar-refractivity contribution is -0.116. The summed E-state index contributed by atoms with van der Waals surface area (Å²) in [5.74, 6) is 2.40. The Morgan fingerprint density at radius 2 is 1.86 bits per heavy atom. The third-order valence-corrected chi connectivity index (χ3v) is 6.30. The fourth-order valence-corrected chi connectivity index (χ4v) is 4.36. The minimum Gasteiger partial charge on any atom is -0.489 e. The molecule has 0 saturated carbocycles. The Morgan fingerprint density at radius 3 is 2.66 bits per heavy atom. The number of nitrogens with one attached hydrogen (secondary N) is 1. The van der Waals surface area contributed by atoms with Gasteiger partial charge in [-0.1, -0.05) is 35.9 Å². The van der Waals surface area contributed by atoms with Crippen LogP contribution in [0.4, 0.5) is 5.82 Å². The summed E-state index contributed by atoms with van der Waals surface area (Å²) in [5.41, 5.74) is 3.62. The van der Waals surface area contributed by atoms with E-state index in [0.717, 1.165) is 22.4 Å². The molecule has 1 atom stereocenters. The van der Waals surface area contributed by atoms with Gasteiger partial charge in [-0.15, -0.1) is 15.3 Å². The number of ether oxygens (including phenoxy) is 1. The Hall–Kier alpha value is -4.24. The van der Waals surface area contributed by atoms with Crippen molar-refractivity contribution in [1.29, 1.82) is 0 Å². The van der Waals surface area contributed by atoms with Gasteiger partial charge in [0.05, 0.1) is 6.20 Å². The van der Waals surface area contributed by atoms with E-state index in [1.54, 1.807) is 21.5 Å². The summed E-state index contributed by atoms with van der Waals surface area (Å²) in [6, 6.07) is 19.0. The molecule has 0 radical (unpaired) electrons. The van der Waals surface area contributed by atoms with Crippen LogP contribution in [-0.4, -0.2) is 35.5 Å². The van der Waals surface area contributed by atoms with Crippen LogP contribution in [0.15, 0.2) is 66.9 Å². The zero-order valence-corrected chi connectivity index (χ0v) is 19.5. The smallest absolute Gasteiger partial charge is 0.226 e. The molecular formula is C25H20ClN7O2. The molecule has 0 aliphatic carbocycles. The Morgan fingerprint density at radius 1 is 1.06 bits per heavy atom. The van der Waals surface area contributed by atoms with E-state index in [1.165, 1.54) is 0 Å². The highest BCUT2D eigenvalue weighted by Gasteiger charge is 2.30. The van der Waals surface area contributed by atoms with Crippen LogP contribution < -0.4 is 10.1 Å². The molecule has 35 heavy (non-hydrogen) atoms. The summed E-state index contributed by atoms with van der Waals surface area (Å²) in [6.45, 7) is 2.28. The molecule has 10 heteroatoms. The lowest BCUT2D eigenvalue weighted by Crippen LogP contribution is -2.24. The van der Waals surface area contributed by atoms with Crippen molar-refractivity contribution in [3.63, 3.8) is 0 Å². The molecule has 0 bridgehead atoms. The number of aromatic nitrogens is 6. The number of halogens is 1. The molecule has 1 amide bonds. The summed E-state index contributed by atoms with van der Waals surface area (Å²) in [5, 5.41) is 20.9. The Labute approximate surface area is 205 Å². The van der Waals surface area contributed by atoms with Gasteiger partial charge in [0.15, 0.2) is 17.3 Å². The van der Waals surface area contributed by atoms with E-state index in [4.69, 9.17) is 16.3 Å². The average Bonchev–Trinajstić information content (AvgIpc) is 3.47. The van der Waals surface area contributed by atoms with Gasteiger partial charge in [0.25, 0.3) is 0 Å². The standard InChI is InChI=1S/C25H20ClN7O2/c1-15-29-30-22-10-11-23(31-32(15)22)33-25-21(13-27-33)20(12-24(34)28-25)17-4-8-19(9-5-17)35-14-16-2-6-18(26)7-3-16/h2-11,13,20H,12,14H2,1H3,(H,28,34).